The molecule has 0 radical (unpaired) electrons. The predicted molar refractivity (Wildman–Crippen MR) is 89.6 cm³/mol. The van der Waals surface area contributed by atoms with E-state index in [1.807, 2.05) is 0 Å². The van der Waals surface area contributed by atoms with Gasteiger partial charge in [0.1, 0.15) is 0 Å². The minimum absolute atomic E-state index is 0.0633. The van der Waals surface area contributed by atoms with Crippen molar-refractivity contribution in [2.24, 2.45) is 0 Å². The van der Waals surface area contributed by atoms with E-state index in [9.17, 15) is 47.9 Å². The first-order chi connectivity index (χ1) is 13.6. The molecule has 0 bridgehead atoms. The van der Waals surface area contributed by atoms with Crippen LogP contribution in [0.15, 0.2) is 36.4 Å². The molecule has 1 heterocycles. The summed E-state index contributed by atoms with van der Waals surface area (Å²) in [7, 11) is -6.60. The van der Waals surface area contributed by atoms with Gasteiger partial charge in [0, 0.05) is 12.6 Å². The SMILES string of the molecule is O=S(=O)(N1CCCC[C@H]1/C=C/c1ccccc1)C(F)(F)C(F)(F)C(F)(F)C(F)(F)F. The molecule has 0 aliphatic carbocycles. The highest BCUT2D eigenvalue weighted by atomic mass is 32.2. The minimum atomic E-state index is -7.28. The van der Waals surface area contributed by atoms with E-state index in [0.717, 1.165) is 6.08 Å². The van der Waals surface area contributed by atoms with Gasteiger partial charge in [-0.2, -0.15) is 43.8 Å². The van der Waals surface area contributed by atoms with Crippen LogP contribution in [0.4, 0.5) is 39.5 Å². The molecule has 30 heavy (non-hydrogen) atoms. The van der Waals surface area contributed by atoms with Crippen molar-refractivity contribution in [3.05, 3.63) is 42.0 Å². The Labute approximate surface area is 166 Å². The molecule has 170 valence electrons. The van der Waals surface area contributed by atoms with E-state index in [1.165, 1.54) is 6.08 Å². The van der Waals surface area contributed by atoms with E-state index in [2.05, 4.69) is 0 Å². The lowest BCUT2D eigenvalue weighted by Gasteiger charge is -2.39. The fourth-order valence-electron chi connectivity index (χ4n) is 2.88. The number of alkyl halides is 9. The van der Waals surface area contributed by atoms with Crippen LogP contribution in [-0.4, -0.2) is 48.6 Å². The first-order valence-corrected chi connectivity index (χ1v) is 9.96. The van der Waals surface area contributed by atoms with Crippen LogP contribution in [0, 0.1) is 0 Å². The van der Waals surface area contributed by atoms with Crippen LogP contribution >= 0.6 is 0 Å². The molecule has 1 fully saturated rings. The highest BCUT2D eigenvalue weighted by Gasteiger charge is 2.85. The van der Waals surface area contributed by atoms with E-state index in [-0.39, 0.29) is 17.1 Å². The van der Waals surface area contributed by atoms with Gasteiger partial charge < -0.3 is 0 Å². The van der Waals surface area contributed by atoms with Gasteiger partial charge in [0.05, 0.1) is 0 Å². The summed E-state index contributed by atoms with van der Waals surface area (Å²) in [5, 5.41) is -6.71. The van der Waals surface area contributed by atoms with Crippen molar-refractivity contribution in [2.45, 2.75) is 48.6 Å². The molecule has 1 aromatic rings. The summed E-state index contributed by atoms with van der Waals surface area (Å²) < 4.78 is 143. The summed E-state index contributed by atoms with van der Waals surface area (Å²) in [5.41, 5.74) is 0.501. The smallest absolute Gasteiger partial charge is 0.206 e. The molecule has 1 aromatic carbocycles. The summed E-state index contributed by atoms with van der Waals surface area (Å²) in [6, 6.07) is 6.55. The van der Waals surface area contributed by atoms with Gasteiger partial charge in [-0.1, -0.05) is 48.9 Å². The zero-order valence-electron chi connectivity index (χ0n) is 15.0. The first-order valence-electron chi connectivity index (χ1n) is 8.52. The molecule has 1 aliphatic rings. The lowest BCUT2D eigenvalue weighted by molar-refractivity contribution is -0.382. The molecular weight excluding hydrogens is 453 g/mol. The van der Waals surface area contributed by atoms with Crippen molar-refractivity contribution in [3.8, 4) is 0 Å². The monoisotopic (exact) mass is 469 g/mol. The lowest BCUT2D eigenvalue weighted by Crippen LogP contribution is -2.66. The van der Waals surface area contributed by atoms with Gasteiger partial charge in [-0.15, -0.1) is 0 Å². The summed E-state index contributed by atoms with van der Waals surface area (Å²) in [4.78, 5) is 0. The molecule has 1 aliphatic heterocycles. The second kappa shape index (κ2) is 8.06. The Morgan fingerprint density at radius 2 is 1.43 bits per heavy atom. The van der Waals surface area contributed by atoms with Crippen LogP contribution < -0.4 is 0 Å². The van der Waals surface area contributed by atoms with Crippen LogP contribution in [-0.2, 0) is 10.0 Å². The molecule has 0 N–H and O–H groups in total. The third-order valence-corrected chi connectivity index (χ3v) is 6.53. The van der Waals surface area contributed by atoms with E-state index < -0.39 is 45.9 Å². The molecule has 0 aromatic heterocycles. The quantitative estimate of drug-likeness (QED) is 0.530. The van der Waals surface area contributed by atoms with Crippen molar-refractivity contribution in [2.75, 3.05) is 6.54 Å². The van der Waals surface area contributed by atoms with Crippen LogP contribution in [0.1, 0.15) is 24.8 Å². The molecule has 3 nitrogen and oxygen atoms in total. The molecule has 0 unspecified atom stereocenters. The number of benzene rings is 1. The maximum Gasteiger partial charge on any atom is 0.460 e. The molecule has 0 spiro atoms. The van der Waals surface area contributed by atoms with Gasteiger partial charge in [-0.25, -0.2) is 8.42 Å². The first kappa shape index (κ1) is 24.5. The van der Waals surface area contributed by atoms with Crippen LogP contribution in [0.25, 0.3) is 6.08 Å². The van der Waals surface area contributed by atoms with Gasteiger partial charge in [-0.05, 0) is 18.4 Å². The van der Waals surface area contributed by atoms with Crippen LogP contribution in [0.3, 0.4) is 0 Å². The average Bonchev–Trinajstić information content (AvgIpc) is 2.66. The lowest BCUT2D eigenvalue weighted by atomic mass is 10.0. The molecule has 2 rings (SSSR count). The van der Waals surface area contributed by atoms with Gasteiger partial charge in [0.2, 0.25) is 0 Å². The van der Waals surface area contributed by atoms with E-state index in [1.54, 1.807) is 30.3 Å². The third kappa shape index (κ3) is 4.05. The highest BCUT2D eigenvalue weighted by Crippen LogP contribution is 2.55. The number of halogens is 9. The van der Waals surface area contributed by atoms with Gasteiger partial charge in [0.25, 0.3) is 10.0 Å². The number of sulfonamides is 1. The maximum absolute atomic E-state index is 14.1. The largest absolute Gasteiger partial charge is 0.460 e. The molecule has 0 saturated carbocycles. The number of hydrogen-bond donors (Lipinski definition) is 0. The van der Waals surface area contributed by atoms with Crippen molar-refractivity contribution in [3.63, 3.8) is 0 Å². The Morgan fingerprint density at radius 3 is 1.97 bits per heavy atom. The van der Waals surface area contributed by atoms with E-state index in [0.29, 0.717) is 12.0 Å². The Hall–Kier alpha value is -1.76. The summed E-state index contributed by atoms with van der Waals surface area (Å²) in [6.45, 7) is -0.741. The molecule has 1 atom stereocenters. The summed E-state index contributed by atoms with van der Waals surface area (Å²) in [5.74, 6) is -14.5. The summed E-state index contributed by atoms with van der Waals surface area (Å²) >= 11 is 0. The van der Waals surface area contributed by atoms with Crippen LogP contribution in [0.5, 0.6) is 0 Å². The van der Waals surface area contributed by atoms with Crippen LogP contribution in [0.2, 0.25) is 0 Å². The molecular formula is C17H16F9NO2S. The Kier molecular flexibility index (Phi) is 6.58. The van der Waals surface area contributed by atoms with Crippen molar-refractivity contribution in [1.82, 2.24) is 4.31 Å². The van der Waals surface area contributed by atoms with Crippen molar-refractivity contribution in [1.29, 1.82) is 0 Å². The fourth-order valence-corrected chi connectivity index (χ4v) is 4.53. The number of hydrogen-bond acceptors (Lipinski definition) is 2. The van der Waals surface area contributed by atoms with E-state index in [4.69, 9.17) is 0 Å². The standard InChI is InChI=1S/C17H16F9NO2S/c18-14(19,16(22,23)24)15(20,21)17(25,26)30(28,29)27-11-5-4-8-13(27)10-9-12-6-2-1-3-7-12/h1-3,6-7,9-10,13H,4-5,8,11H2/b10-9+/t13-/m0/s1. The Balaban J connectivity index is 2.44. The Morgan fingerprint density at radius 1 is 0.867 bits per heavy atom. The number of nitrogens with zero attached hydrogens (tertiary/aromatic N) is 1. The predicted octanol–water partition coefficient (Wildman–Crippen LogP) is 5.31. The van der Waals surface area contributed by atoms with Gasteiger partial charge in [-0.3, -0.25) is 0 Å². The van der Waals surface area contributed by atoms with Gasteiger partial charge in [0.15, 0.2) is 0 Å². The second-order valence-corrected chi connectivity index (χ2v) is 8.54. The van der Waals surface area contributed by atoms with Gasteiger partial charge >= 0.3 is 23.3 Å². The number of rotatable bonds is 6. The van der Waals surface area contributed by atoms with E-state index >= 15 is 0 Å². The topological polar surface area (TPSA) is 37.4 Å². The average molecular weight is 469 g/mol. The molecule has 1 saturated heterocycles. The summed E-state index contributed by atoms with van der Waals surface area (Å²) in [6.07, 6.45) is -4.56. The molecule has 0 amide bonds. The second-order valence-electron chi connectivity index (χ2n) is 6.61. The fraction of sp³-hybridized carbons (Fsp3) is 0.529. The molecule has 13 heteroatoms. The van der Waals surface area contributed by atoms with Crippen molar-refractivity contribution < 1.29 is 47.9 Å². The third-order valence-electron chi connectivity index (χ3n) is 4.56. The minimum Gasteiger partial charge on any atom is -0.206 e. The zero-order valence-corrected chi connectivity index (χ0v) is 15.8. The maximum atomic E-state index is 14.1. The number of piperidine rings is 1. The zero-order chi connectivity index (χ0) is 23.0. The highest BCUT2D eigenvalue weighted by molar-refractivity contribution is 7.90. The normalized spacial score (nSPS) is 20.6. The van der Waals surface area contributed by atoms with Crippen molar-refractivity contribution >= 4 is 16.1 Å². The Bertz CT molecular complexity index is 867.